The summed E-state index contributed by atoms with van der Waals surface area (Å²) in [7, 11) is 1.63. The van der Waals surface area contributed by atoms with Gasteiger partial charge in [-0.1, -0.05) is 17.7 Å². The van der Waals surface area contributed by atoms with Gasteiger partial charge in [0.05, 0.1) is 11.5 Å². The Balaban J connectivity index is 2.77. The minimum atomic E-state index is -0.461. The molecule has 116 valence electrons. The number of nitro benzene ring substituents is 1. The van der Waals surface area contributed by atoms with E-state index in [9.17, 15) is 10.1 Å². The lowest BCUT2D eigenvalue weighted by Gasteiger charge is -2.09. The molecular weight excluding hydrogens is 296 g/mol. The van der Waals surface area contributed by atoms with Gasteiger partial charge >= 0.3 is 5.69 Å². The zero-order valence-corrected chi connectivity index (χ0v) is 12.9. The molecule has 0 aliphatic heterocycles. The number of rotatable bonds is 9. The maximum absolute atomic E-state index is 11.0. The van der Waals surface area contributed by atoms with Crippen LogP contribution in [0.15, 0.2) is 29.3 Å². The van der Waals surface area contributed by atoms with Crippen molar-refractivity contribution >= 4 is 17.3 Å². The van der Waals surface area contributed by atoms with Gasteiger partial charge in [0.15, 0.2) is 5.75 Å². The smallest absolute Gasteiger partial charge is 0.310 e. The molecule has 0 amide bonds. The van der Waals surface area contributed by atoms with Crippen LogP contribution in [0.3, 0.4) is 0 Å². The van der Waals surface area contributed by atoms with E-state index in [0.717, 1.165) is 11.1 Å². The molecule has 0 heterocycles. The molecule has 0 bridgehead atoms. The Labute approximate surface area is 128 Å². The van der Waals surface area contributed by atoms with E-state index in [1.165, 1.54) is 11.6 Å². The molecule has 0 fully saturated rings. The molecule has 0 atom stereocenters. The van der Waals surface area contributed by atoms with Gasteiger partial charge in [-0.3, -0.25) is 10.1 Å². The van der Waals surface area contributed by atoms with E-state index in [0.29, 0.717) is 19.7 Å². The first kappa shape index (κ1) is 17.4. The van der Waals surface area contributed by atoms with E-state index in [1.807, 2.05) is 0 Å². The molecule has 7 heteroatoms. The van der Waals surface area contributed by atoms with Gasteiger partial charge in [-0.15, -0.1) is 0 Å². The predicted octanol–water partition coefficient (Wildman–Crippen LogP) is 2.85. The highest BCUT2D eigenvalue weighted by Gasteiger charge is 2.15. The van der Waals surface area contributed by atoms with Crippen LogP contribution in [0.1, 0.15) is 12.5 Å². The SMILES string of the molecule is COCCNCc1ccc([N+](=O)[O-])c(OC/C(C)=C/Cl)c1. The van der Waals surface area contributed by atoms with E-state index in [1.54, 1.807) is 26.2 Å². The topological polar surface area (TPSA) is 73.6 Å². The Hall–Kier alpha value is -1.63. The van der Waals surface area contributed by atoms with Crippen LogP contribution in [0.4, 0.5) is 5.69 Å². The van der Waals surface area contributed by atoms with Crippen LogP contribution in [0.2, 0.25) is 0 Å². The zero-order chi connectivity index (χ0) is 15.7. The second-order valence-corrected chi connectivity index (χ2v) is 4.69. The van der Waals surface area contributed by atoms with Crippen molar-refractivity contribution in [1.29, 1.82) is 0 Å². The number of ether oxygens (including phenoxy) is 2. The number of nitrogens with one attached hydrogen (secondary N) is 1. The highest BCUT2D eigenvalue weighted by molar-refractivity contribution is 6.25. The van der Waals surface area contributed by atoms with Crippen molar-refractivity contribution in [2.75, 3.05) is 26.9 Å². The second-order valence-electron chi connectivity index (χ2n) is 4.47. The van der Waals surface area contributed by atoms with Gasteiger partial charge in [0.1, 0.15) is 6.61 Å². The van der Waals surface area contributed by atoms with E-state index >= 15 is 0 Å². The van der Waals surface area contributed by atoms with E-state index in [4.69, 9.17) is 21.1 Å². The fourth-order valence-electron chi connectivity index (χ4n) is 1.56. The Morgan fingerprint density at radius 1 is 1.52 bits per heavy atom. The van der Waals surface area contributed by atoms with Gasteiger partial charge in [-0.25, -0.2) is 0 Å². The highest BCUT2D eigenvalue weighted by Crippen LogP contribution is 2.28. The largest absolute Gasteiger partial charge is 0.482 e. The highest BCUT2D eigenvalue weighted by atomic mass is 35.5. The first-order valence-electron chi connectivity index (χ1n) is 6.44. The normalized spacial score (nSPS) is 11.5. The van der Waals surface area contributed by atoms with Crippen molar-refractivity contribution in [3.8, 4) is 5.75 Å². The van der Waals surface area contributed by atoms with Gasteiger partial charge in [0.25, 0.3) is 0 Å². The molecule has 0 aliphatic rings. The number of hydrogen-bond acceptors (Lipinski definition) is 5. The zero-order valence-electron chi connectivity index (χ0n) is 12.1. The summed E-state index contributed by atoms with van der Waals surface area (Å²) in [5.74, 6) is 0.240. The predicted molar refractivity (Wildman–Crippen MR) is 81.8 cm³/mol. The number of methoxy groups -OCH3 is 1. The van der Waals surface area contributed by atoms with Crippen molar-refractivity contribution in [2.24, 2.45) is 0 Å². The lowest BCUT2D eigenvalue weighted by Crippen LogP contribution is -2.18. The van der Waals surface area contributed by atoms with Gasteiger partial charge in [0.2, 0.25) is 0 Å². The molecule has 0 saturated heterocycles. The average Bonchev–Trinajstić information content (AvgIpc) is 2.49. The third-order valence-corrected chi connectivity index (χ3v) is 3.05. The lowest BCUT2D eigenvalue weighted by atomic mass is 10.2. The molecule has 0 unspecified atom stereocenters. The second kappa shape index (κ2) is 9.33. The molecule has 1 aromatic rings. The molecule has 0 radical (unpaired) electrons. The molecule has 0 aromatic heterocycles. The fraction of sp³-hybridized carbons (Fsp3) is 0.429. The van der Waals surface area contributed by atoms with Crippen molar-refractivity contribution < 1.29 is 14.4 Å². The van der Waals surface area contributed by atoms with Crippen LogP contribution < -0.4 is 10.1 Å². The first-order chi connectivity index (χ1) is 10.1. The molecule has 0 saturated carbocycles. The monoisotopic (exact) mass is 314 g/mol. The van der Waals surface area contributed by atoms with Crippen LogP contribution in [-0.4, -0.2) is 31.8 Å². The third kappa shape index (κ3) is 6.12. The standard InChI is InChI=1S/C14H19ClN2O4/c1-11(8-15)10-21-14-7-12(9-16-5-6-20-2)3-4-13(14)17(18)19/h3-4,7-8,16H,5-6,9-10H2,1-2H3/b11-8+. The van der Waals surface area contributed by atoms with E-state index in [2.05, 4.69) is 5.32 Å². The quantitative estimate of drug-likeness (QED) is 0.431. The molecule has 1 aromatic carbocycles. The molecular formula is C14H19ClN2O4. The number of nitro groups is 1. The minimum Gasteiger partial charge on any atom is -0.482 e. The number of halogens is 1. The summed E-state index contributed by atoms with van der Waals surface area (Å²) >= 11 is 5.55. The Bertz CT molecular complexity index is 506. The molecule has 0 spiro atoms. The Morgan fingerprint density at radius 3 is 2.90 bits per heavy atom. The van der Waals surface area contributed by atoms with Gasteiger partial charge in [-0.2, -0.15) is 0 Å². The Kier molecular flexibility index (Phi) is 7.74. The molecule has 6 nitrogen and oxygen atoms in total. The van der Waals surface area contributed by atoms with Crippen molar-refractivity contribution in [3.05, 3.63) is 45.0 Å². The summed E-state index contributed by atoms with van der Waals surface area (Å²) in [4.78, 5) is 10.5. The number of benzene rings is 1. The average molecular weight is 315 g/mol. The molecule has 1 rings (SSSR count). The maximum Gasteiger partial charge on any atom is 0.310 e. The molecule has 21 heavy (non-hydrogen) atoms. The van der Waals surface area contributed by atoms with E-state index in [-0.39, 0.29) is 18.0 Å². The first-order valence-corrected chi connectivity index (χ1v) is 6.87. The van der Waals surface area contributed by atoms with Gasteiger partial charge in [0, 0.05) is 31.8 Å². The summed E-state index contributed by atoms with van der Waals surface area (Å²) in [5, 5.41) is 14.2. The molecule has 1 N–H and O–H groups in total. The van der Waals surface area contributed by atoms with Gasteiger partial charge in [-0.05, 0) is 24.1 Å². The molecule has 0 aliphatic carbocycles. The van der Waals surface area contributed by atoms with Crippen molar-refractivity contribution in [2.45, 2.75) is 13.5 Å². The third-order valence-electron chi connectivity index (χ3n) is 2.67. The summed E-state index contributed by atoms with van der Waals surface area (Å²) in [6, 6.07) is 4.82. The summed E-state index contributed by atoms with van der Waals surface area (Å²) < 4.78 is 10.4. The van der Waals surface area contributed by atoms with E-state index < -0.39 is 4.92 Å². The number of nitrogens with zero attached hydrogens (tertiary/aromatic N) is 1. The lowest BCUT2D eigenvalue weighted by molar-refractivity contribution is -0.385. The van der Waals surface area contributed by atoms with Crippen molar-refractivity contribution in [1.82, 2.24) is 5.32 Å². The van der Waals surface area contributed by atoms with Crippen LogP contribution in [0.5, 0.6) is 5.75 Å². The van der Waals surface area contributed by atoms with Crippen molar-refractivity contribution in [3.63, 3.8) is 0 Å². The number of hydrogen-bond donors (Lipinski definition) is 1. The maximum atomic E-state index is 11.0. The summed E-state index contributed by atoms with van der Waals surface area (Å²) in [6.45, 7) is 3.90. The summed E-state index contributed by atoms with van der Waals surface area (Å²) in [6.07, 6.45) is 0. The minimum absolute atomic E-state index is 0.0574. The van der Waals surface area contributed by atoms with Crippen LogP contribution in [-0.2, 0) is 11.3 Å². The van der Waals surface area contributed by atoms with Crippen LogP contribution in [0.25, 0.3) is 0 Å². The fourth-order valence-corrected chi connectivity index (χ4v) is 1.63. The Morgan fingerprint density at radius 2 is 2.29 bits per heavy atom. The van der Waals surface area contributed by atoms with Gasteiger partial charge < -0.3 is 14.8 Å². The van der Waals surface area contributed by atoms with Crippen LogP contribution >= 0.6 is 11.6 Å². The van der Waals surface area contributed by atoms with Crippen LogP contribution in [0, 0.1) is 10.1 Å². The summed E-state index contributed by atoms with van der Waals surface area (Å²) in [5.41, 5.74) is 3.02.